The van der Waals surface area contributed by atoms with Gasteiger partial charge in [0.1, 0.15) is 0 Å². The molecule has 0 saturated carbocycles. The van der Waals surface area contributed by atoms with Crippen molar-refractivity contribution >= 4 is 11.9 Å². The number of ether oxygens (including phenoxy) is 3. The standard InChI is InChI=1S/C10H18O5/c1-5-13-7(3)9(11)15-10(12)8(4)14-6-2/h7-8H,5-6H2,1-4H3/t7-,8-/m0/s1. The predicted molar refractivity (Wildman–Crippen MR) is 53.3 cm³/mol. The van der Waals surface area contributed by atoms with Crippen molar-refractivity contribution in [3.8, 4) is 0 Å². The topological polar surface area (TPSA) is 61.8 Å². The van der Waals surface area contributed by atoms with Crippen molar-refractivity contribution in [3.63, 3.8) is 0 Å². The first-order valence-corrected chi connectivity index (χ1v) is 5.01. The van der Waals surface area contributed by atoms with Gasteiger partial charge in [0.2, 0.25) is 0 Å². The van der Waals surface area contributed by atoms with E-state index >= 15 is 0 Å². The summed E-state index contributed by atoms with van der Waals surface area (Å²) in [4.78, 5) is 22.5. The van der Waals surface area contributed by atoms with Crippen molar-refractivity contribution in [2.75, 3.05) is 13.2 Å². The van der Waals surface area contributed by atoms with Crippen LogP contribution in [0.25, 0.3) is 0 Å². The van der Waals surface area contributed by atoms with Crippen molar-refractivity contribution in [1.82, 2.24) is 0 Å². The molecule has 0 radical (unpaired) electrons. The maximum Gasteiger partial charge on any atom is 0.342 e. The molecule has 88 valence electrons. The van der Waals surface area contributed by atoms with Gasteiger partial charge in [-0.05, 0) is 27.7 Å². The highest BCUT2D eigenvalue weighted by molar-refractivity contribution is 5.89. The summed E-state index contributed by atoms with van der Waals surface area (Å²) in [6.07, 6.45) is -1.46. The predicted octanol–water partition coefficient (Wildman–Crippen LogP) is 0.906. The lowest BCUT2D eigenvalue weighted by molar-refractivity contribution is -0.173. The molecule has 0 aromatic rings. The van der Waals surface area contributed by atoms with Gasteiger partial charge in [-0.3, -0.25) is 0 Å². The minimum Gasteiger partial charge on any atom is -0.389 e. The Kier molecular flexibility index (Phi) is 6.90. The second-order valence-corrected chi connectivity index (χ2v) is 2.94. The molecule has 0 spiro atoms. The Morgan fingerprint density at radius 1 is 0.933 bits per heavy atom. The van der Waals surface area contributed by atoms with E-state index in [9.17, 15) is 9.59 Å². The first-order chi connectivity index (χ1) is 7.02. The fourth-order valence-electron chi connectivity index (χ4n) is 0.901. The van der Waals surface area contributed by atoms with E-state index in [0.29, 0.717) is 13.2 Å². The van der Waals surface area contributed by atoms with Crippen molar-refractivity contribution in [3.05, 3.63) is 0 Å². The zero-order valence-corrected chi connectivity index (χ0v) is 9.61. The van der Waals surface area contributed by atoms with Gasteiger partial charge >= 0.3 is 11.9 Å². The van der Waals surface area contributed by atoms with Crippen LogP contribution in [-0.2, 0) is 23.8 Å². The van der Waals surface area contributed by atoms with Crippen LogP contribution in [0.3, 0.4) is 0 Å². The summed E-state index contributed by atoms with van der Waals surface area (Å²) in [6, 6.07) is 0. The van der Waals surface area contributed by atoms with Crippen LogP contribution in [0.2, 0.25) is 0 Å². The van der Waals surface area contributed by atoms with Gasteiger partial charge in [-0.2, -0.15) is 0 Å². The molecule has 0 N–H and O–H groups in total. The number of rotatable bonds is 6. The van der Waals surface area contributed by atoms with E-state index in [0.717, 1.165) is 0 Å². The number of esters is 2. The Morgan fingerprint density at radius 2 is 1.27 bits per heavy atom. The zero-order valence-electron chi connectivity index (χ0n) is 9.61. The molecular formula is C10H18O5. The molecule has 0 aliphatic rings. The van der Waals surface area contributed by atoms with Gasteiger partial charge < -0.3 is 14.2 Å². The Balaban J connectivity index is 4.00. The molecule has 5 nitrogen and oxygen atoms in total. The Morgan fingerprint density at radius 3 is 1.53 bits per heavy atom. The molecule has 0 aliphatic carbocycles. The van der Waals surface area contributed by atoms with Crippen LogP contribution in [0.1, 0.15) is 27.7 Å². The normalized spacial score (nSPS) is 14.4. The van der Waals surface area contributed by atoms with Crippen LogP contribution < -0.4 is 0 Å². The third-order valence-corrected chi connectivity index (χ3v) is 1.70. The van der Waals surface area contributed by atoms with Crippen molar-refractivity contribution in [2.24, 2.45) is 0 Å². The van der Waals surface area contributed by atoms with Crippen LogP contribution in [0.15, 0.2) is 0 Å². The molecule has 5 heteroatoms. The molecule has 0 unspecified atom stereocenters. The lowest BCUT2D eigenvalue weighted by atomic mass is 10.4. The molecule has 0 bridgehead atoms. The molecule has 15 heavy (non-hydrogen) atoms. The van der Waals surface area contributed by atoms with E-state index in [4.69, 9.17) is 9.47 Å². The number of carbonyl (C=O) groups is 2. The summed E-state index contributed by atoms with van der Waals surface area (Å²) >= 11 is 0. The Bertz CT molecular complexity index is 192. The molecule has 0 heterocycles. The smallest absolute Gasteiger partial charge is 0.342 e. The Labute approximate surface area is 89.7 Å². The quantitative estimate of drug-likeness (QED) is 0.489. The fourth-order valence-corrected chi connectivity index (χ4v) is 0.901. The molecule has 0 rings (SSSR count). The van der Waals surface area contributed by atoms with E-state index in [2.05, 4.69) is 4.74 Å². The number of carbonyl (C=O) groups excluding carboxylic acids is 2. The summed E-state index contributed by atoms with van der Waals surface area (Å²) in [7, 11) is 0. The third-order valence-electron chi connectivity index (χ3n) is 1.70. The van der Waals surface area contributed by atoms with Crippen LogP contribution in [0.4, 0.5) is 0 Å². The molecular weight excluding hydrogens is 200 g/mol. The number of hydrogen-bond donors (Lipinski definition) is 0. The fraction of sp³-hybridized carbons (Fsp3) is 0.800. The van der Waals surface area contributed by atoms with Gasteiger partial charge in [0.15, 0.2) is 12.2 Å². The molecule has 0 saturated heterocycles. The minimum atomic E-state index is -0.729. The Hall–Kier alpha value is -0.940. The molecule has 0 aromatic carbocycles. The second-order valence-electron chi connectivity index (χ2n) is 2.94. The maximum absolute atomic E-state index is 11.2. The molecule has 0 aliphatic heterocycles. The van der Waals surface area contributed by atoms with Gasteiger partial charge in [-0.25, -0.2) is 9.59 Å². The van der Waals surface area contributed by atoms with E-state index in [1.165, 1.54) is 13.8 Å². The summed E-state index contributed by atoms with van der Waals surface area (Å²) in [5, 5.41) is 0. The molecule has 0 amide bonds. The molecule has 2 atom stereocenters. The lowest BCUT2D eigenvalue weighted by Crippen LogP contribution is -2.31. The summed E-state index contributed by atoms with van der Waals surface area (Å²) in [5.41, 5.74) is 0. The SMILES string of the molecule is CCO[C@@H](C)C(=O)OC(=O)[C@H](C)OCC. The van der Waals surface area contributed by atoms with Gasteiger partial charge in [0.25, 0.3) is 0 Å². The summed E-state index contributed by atoms with van der Waals surface area (Å²) < 4.78 is 14.5. The first kappa shape index (κ1) is 14.1. The van der Waals surface area contributed by atoms with E-state index in [-0.39, 0.29) is 0 Å². The average molecular weight is 218 g/mol. The lowest BCUT2D eigenvalue weighted by Gasteiger charge is -2.13. The summed E-state index contributed by atoms with van der Waals surface area (Å²) in [6.45, 7) is 7.37. The van der Waals surface area contributed by atoms with Crippen LogP contribution in [-0.4, -0.2) is 37.4 Å². The third kappa shape index (κ3) is 5.49. The van der Waals surface area contributed by atoms with Crippen molar-refractivity contribution in [1.29, 1.82) is 0 Å². The zero-order chi connectivity index (χ0) is 11.8. The highest BCUT2D eigenvalue weighted by atomic mass is 16.6. The van der Waals surface area contributed by atoms with Gasteiger partial charge in [0.05, 0.1) is 0 Å². The highest BCUT2D eigenvalue weighted by Gasteiger charge is 2.22. The summed E-state index contributed by atoms with van der Waals surface area (Å²) in [5.74, 6) is -1.37. The van der Waals surface area contributed by atoms with Crippen molar-refractivity contribution < 1.29 is 23.8 Å². The largest absolute Gasteiger partial charge is 0.389 e. The average Bonchev–Trinajstić information content (AvgIpc) is 2.18. The number of hydrogen-bond acceptors (Lipinski definition) is 5. The van der Waals surface area contributed by atoms with Gasteiger partial charge in [-0.1, -0.05) is 0 Å². The molecule has 0 aromatic heterocycles. The first-order valence-electron chi connectivity index (χ1n) is 5.01. The van der Waals surface area contributed by atoms with Gasteiger partial charge in [-0.15, -0.1) is 0 Å². The minimum absolute atomic E-state index is 0.394. The second kappa shape index (κ2) is 7.36. The highest BCUT2D eigenvalue weighted by Crippen LogP contribution is 1.99. The van der Waals surface area contributed by atoms with Crippen LogP contribution >= 0.6 is 0 Å². The molecule has 0 fully saturated rings. The van der Waals surface area contributed by atoms with Crippen LogP contribution in [0.5, 0.6) is 0 Å². The van der Waals surface area contributed by atoms with Crippen LogP contribution in [0, 0.1) is 0 Å². The maximum atomic E-state index is 11.2. The van der Waals surface area contributed by atoms with Crippen molar-refractivity contribution in [2.45, 2.75) is 39.9 Å². The van der Waals surface area contributed by atoms with E-state index < -0.39 is 24.1 Å². The van der Waals surface area contributed by atoms with E-state index in [1.54, 1.807) is 13.8 Å². The monoisotopic (exact) mass is 218 g/mol. The van der Waals surface area contributed by atoms with Gasteiger partial charge in [0, 0.05) is 13.2 Å². The van der Waals surface area contributed by atoms with E-state index in [1.807, 2.05) is 0 Å².